The first-order chi connectivity index (χ1) is 12.4. The summed E-state index contributed by atoms with van der Waals surface area (Å²) in [6.07, 6.45) is 1.17. The molecule has 0 atom stereocenters. The van der Waals surface area contributed by atoms with Gasteiger partial charge in [-0.1, -0.05) is 19.1 Å². The number of carbonyl (C=O) groups excluding carboxylic acids is 1. The molecule has 0 aromatic heterocycles. The summed E-state index contributed by atoms with van der Waals surface area (Å²) >= 11 is 0. The fraction of sp³-hybridized carbons (Fsp3) is 0.650. The number of aryl methyl sites for hydroxylation is 1. The molecule has 0 unspecified atom stereocenters. The second-order valence-electron chi connectivity index (χ2n) is 7.64. The number of carbonyl (C=O) groups is 1. The zero-order chi connectivity index (χ0) is 18.8. The van der Waals surface area contributed by atoms with Crippen molar-refractivity contribution in [2.75, 3.05) is 24.7 Å². The highest BCUT2D eigenvalue weighted by molar-refractivity contribution is 6.00. The number of nitrogens with zero attached hydrogens (tertiary/aromatic N) is 1. The van der Waals surface area contributed by atoms with E-state index in [1.807, 2.05) is 29.2 Å². The van der Waals surface area contributed by atoms with Gasteiger partial charge in [0.15, 0.2) is 0 Å². The summed E-state index contributed by atoms with van der Waals surface area (Å²) in [7, 11) is 0. The predicted octanol–water partition coefficient (Wildman–Crippen LogP) is 3.56. The highest BCUT2D eigenvalue weighted by Gasteiger charge is 2.51. The van der Waals surface area contributed by atoms with Gasteiger partial charge in [-0.05, 0) is 56.2 Å². The van der Waals surface area contributed by atoms with Crippen LogP contribution in [0, 0.1) is 5.41 Å². The number of rotatable bonds is 6. The minimum atomic E-state index is -2.53. The van der Waals surface area contributed by atoms with Gasteiger partial charge in [0.1, 0.15) is 6.61 Å². The van der Waals surface area contributed by atoms with E-state index in [-0.39, 0.29) is 12.5 Å². The molecule has 4 nitrogen and oxygen atoms in total. The zero-order valence-electron chi connectivity index (χ0n) is 15.2. The largest absolute Gasteiger partial charge is 0.387 e. The molecule has 1 saturated heterocycles. The van der Waals surface area contributed by atoms with Crippen molar-refractivity contribution in [3.05, 3.63) is 29.8 Å². The van der Waals surface area contributed by atoms with Crippen molar-refractivity contribution in [3.63, 3.8) is 0 Å². The molecular formula is C20H27F2NO3. The van der Waals surface area contributed by atoms with Gasteiger partial charge in [0, 0.05) is 12.2 Å². The second kappa shape index (κ2) is 7.61. The van der Waals surface area contributed by atoms with Crippen molar-refractivity contribution in [2.45, 2.75) is 57.5 Å². The van der Waals surface area contributed by atoms with Crippen LogP contribution in [0.5, 0.6) is 0 Å². The number of amides is 1. The van der Waals surface area contributed by atoms with E-state index in [1.165, 1.54) is 5.56 Å². The van der Waals surface area contributed by atoms with Crippen LogP contribution < -0.4 is 4.90 Å². The number of ether oxygens (including phenoxy) is 1. The molecule has 1 spiro atoms. The van der Waals surface area contributed by atoms with Gasteiger partial charge < -0.3 is 14.7 Å². The Kier molecular flexibility index (Phi) is 5.63. The number of benzene rings is 1. The molecule has 3 rings (SSSR count). The van der Waals surface area contributed by atoms with Crippen molar-refractivity contribution >= 4 is 11.6 Å². The number of hydrogen-bond donors (Lipinski definition) is 1. The third-order valence-electron chi connectivity index (χ3n) is 5.92. The third-order valence-corrected chi connectivity index (χ3v) is 5.92. The quantitative estimate of drug-likeness (QED) is 0.836. The average molecular weight is 367 g/mol. The molecule has 1 aromatic rings. The van der Waals surface area contributed by atoms with Crippen LogP contribution in [0.15, 0.2) is 24.3 Å². The van der Waals surface area contributed by atoms with Crippen molar-refractivity contribution in [2.24, 2.45) is 5.41 Å². The molecule has 6 heteroatoms. The van der Waals surface area contributed by atoms with E-state index in [2.05, 4.69) is 6.92 Å². The van der Waals surface area contributed by atoms with Crippen LogP contribution in [0.3, 0.4) is 0 Å². The average Bonchev–Trinajstić information content (AvgIpc) is 2.94. The summed E-state index contributed by atoms with van der Waals surface area (Å²) in [5.41, 5.74) is 0.626. The van der Waals surface area contributed by atoms with Gasteiger partial charge in [-0.2, -0.15) is 0 Å². The van der Waals surface area contributed by atoms with Crippen LogP contribution in [0.1, 0.15) is 44.6 Å². The number of hydrogen-bond acceptors (Lipinski definition) is 3. The van der Waals surface area contributed by atoms with Gasteiger partial charge >= 0.3 is 0 Å². The maximum Gasteiger partial charge on any atom is 0.261 e. The lowest BCUT2D eigenvalue weighted by Crippen LogP contribution is -2.46. The standard InChI is InChI=1S/C20H27F2NO3/c1-2-15-3-5-16(6-4-15)23-12-11-19(18(23)24)7-9-20(25,10-8-19)14-26-13-17(21)22/h3-6,17,25H,2,7-14H2,1H3/t19-,20-. The molecule has 1 N–H and O–H groups in total. The topological polar surface area (TPSA) is 49.8 Å². The van der Waals surface area contributed by atoms with E-state index in [0.717, 1.165) is 18.5 Å². The lowest BCUT2D eigenvalue weighted by atomic mass is 9.68. The maximum absolute atomic E-state index is 13.1. The Bertz CT molecular complexity index is 624. The Morgan fingerprint density at radius 3 is 2.38 bits per heavy atom. The van der Waals surface area contributed by atoms with Crippen LogP contribution in [-0.4, -0.2) is 42.8 Å². The van der Waals surface area contributed by atoms with Crippen molar-refractivity contribution in [3.8, 4) is 0 Å². The maximum atomic E-state index is 13.1. The van der Waals surface area contributed by atoms with Gasteiger partial charge in [-0.3, -0.25) is 4.79 Å². The predicted molar refractivity (Wildman–Crippen MR) is 95.5 cm³/mol. The second-order valence-corrected chi connectivity index (χ2v) is 7.64. The molecule has 2 aliphatic rings. The molecule has 144 valence electrons. The Labute approximate surface area is 153 Å². The van der Waals surface area contributed by atoms with E-state index in [0.29, 0.717) is 32.2 Å². The van der Waals surface area contributed by atoms with E-state index < -0.39 is 24.0 Å². The molecule has 0 radical (unpaired) electrons. The first-order valence-corrected chi connectivity index (χ1v) is 9.37. The third kappa shape index (κ3) is 3.91. The van der Waals surface area contributed by atoms with Gasteiger partial charge in [0.25, 0.3) is 6.43 Å². The summed E-state index contributed by atoms with van der Waals surface area (Å²) < 4.78 is 29.3. The Hall–Kier alpha value is -1.53. The van der Waals surface area contributed by atoms with E-state index in [9.17, 15) is 18.7 Å². The van der Waals surface area contributed by atoms with Crippen LogP contribution in [0.25, 0.3) is 0 Å². The lowest BCUT2D eigenvalue weighted by Gasteiger charge is -2.40. The monoisotopic (exact) mass is 367 g/mol. The van der Waals surface area contributed by atoms with Gasteiger partial charge in [0.2, 0.25) is 5.91 Å². The van der Waals surface area contributed by atoms with E-state index >= 15 is 0 Å². The fourth-order valence-corrected chi connectivity index (χ4v) is 4.12. The van der Waals surface area contributed by atoms with Crippen molar-refractivity contribution in [1.29, 1.82) is 0 Å². The van der Waals surface area contributed by atoms with E-state index in [4.69, 9.17) is 4.74 Å². The number of halogens is 2. The molecular weight excluding hydrogens is 340 g/mol. The molecule has 1 aliphatic carbocycles. The Morgan fingerprint density at radius 2 is 1.81 bits per heavy atom. The van der Waals surface area contributed by atoms with Crippen molar-refractivity contribution < 1.29 is 23.4 Å². The minimum absolute atomic E-state index is 0.0934. The van der Waals surface area contributed by atoms with Crippen molar-refractivity contribution in [1.82, 2.24) is 0 Å². The molecule has 1 heterocycles. The smallest absolute Gasteiger partial charge is 0.261 e. The summed E-state index contributed by atoms with van der Waals surface area (Å²) in [6.45, 7) is 2.03. The molecule has 1 aromatic carbocycles. The first kappa shape index (κ1) is 19.2. The highest BCUT2D eigenvalue weighted by Crippen LogP contribution is 2.48. The van der Waals surface area contributed by atoms with E-state index in [1.54, 1.807) is 0 Å². The van der Waals surface area contributed by atoms with Crippen LogP contribution in [-0.2, 0) is 16.0 Å². The highest BCUT2D eigenvalue weighted by atomic mass is 19.3. The van der Waals surface area contributed by atoms with Gasteiger partial charge in [0.05, 0.1) is 17.6 Å². The lowest BCUT2D eigenvalue weighted by molar-refractivity contribution is -0.135. The van der Waals surface area contributed by atoms with Crippen LogP contribution >= 0.6 is 0 Å². The molecule has 26 heavy (non-hydrogen) atoms. The molecule has 2 fully saturated rings. The summed E-state index contributed by atoms with van der Waals surface area (Å²) in [6, 6.07) is 8.08. The zero-order valence-corrected chi connectivity index (χ0v) is 15.2. The SMILES string of the molecule is CCc1ccc(N2CC[C@]3(CC[C@](O)(COCC(F)F)CC3)C2=O)cc1. The summed E-state index contributed by atoms with van der Waals surface area (Å²) in [5.74, 6) is 0.122. The van der Waals surface area contributed by atoms with Gasteiger partial charge in [-0.25, -0.2) is 8.78 Å². The summed E-state index contributed by atoms with van der Waals surface area (Å²) in [4.78, 5) is 14.9. The van der Waals surface area contributed by atoms with Crippen LogP contribution in [0.4, 0.5) is 14.5 Å². The number of alkyl halides is 2. The summed E-state index contributed by atoms with van der Waals surface area (Å²) in [5, 5.41) is 10.6. The Morgan fingerprint density at radius 1 is 1.15 bits per heavy atom. The van der Waals surface area contributed by atoms with Gasteiger partial charge in [-0.15, -0.1) is 0 Å². The molecule has 1 saturated carbocycles. The molecule has 0 bridgehead atoms. The minimum Gasteiger partial charge on any atom is -0.387 e. The molecule has 1 amide bonds. The normalized spacial score (nSPS) is 29.1. The Balaban J connectivity index is 1.61. The molecule has 1 aliphatic heterocycles. The number of aliphatic hydroxyl groups is 1. The fourth-order valence-electron chi connectivity index (χ4n) is 4.12. The van der Waals surface area contributed by atoms with Crippen LogP contribution in [0.2, 0.25) is 0 Å². The first-order valence-electron chi connectivity index (χ1n) is 9.37. The number of anilines is 1.